The van der Waals surface area contributed by atoms with Gasteiger partial charge < -0.3 is 10.2 Å². The highest BCUT2D eigenvalue weighted by Crippen LogP contribution is 2.34. The highest BCUT2D eigenvalue weighted by atomic mass is 35.5. The molecule has 2 aromatic rings. The molecule has 0 saturated carbocycles. The zero-order chi connectivity index (χ0) is 16.2. The first kappa shape index (κ1) is 17.7. The Labute approximate surface area is 139 Å². The normalized spacial score (nSPS) is 9.71. The van der Waals surface area contributed by atoms with E-state index in [0.29, 0.717) is 10.0 Å². The smallest absolute Gasteiger partial charge is 0.312 e. The molecule has 0 aliphatic carbocycles. The van der Waals surface area contributed by atoms with Crippen LogP contribution in [0.3, 0.4) is 0 Å². The lowest BCUT2D eigenvalue weighted by Gasteiger charge is -1.97. The van der Waals surface area contributed by atoms with Gasteiger partial charge in [0.05, 0.1) is 25.0 Å². The Morgan fingerprint density at radius 2 is 1.38 bits per heavy atom. The SMILES string of the molecule is O=[N+]([O-])c1cc(Cl)c(Cl)cc1O.Oc1ccc(Cl)c(Cl)c1. The minimum absolute atomic E-state index is 0.0427. The Balaban J connectivity index is 0.000000219. The second-order valence-electron chi connectivity index (χ2n) is 3.61. The molecule has 2 rings (SSSR count). The van der Waals surface area contributed by atoms with Crippen molar-refractivity contribution in [1.29, 1.82) is 0 Å². The molecule has 0 aliphatic rings. The van der Waals surface area contributed by atoms with Crippen LogP contribution in [0.25, 0.3) is 0 Å². The molecule has 0 amide bonds. The number of phenols is 2. The van der Waals surface area contributed by atoms with E-state index in [9.17, 15) is 10.1 Å². The third-order valence-corrected chi connectivity index (χ3v) is 3.58. The van der Waals surface area contributed by atoms with Gasteiger partial charge in [0.15, 0.2) is 5.75 Å². The van der Waals surface area contributed by atoms with E-state index >= 15 is 0 Å². The maximum Gasteiger partial charge on any atom is 0.312 e. The molecule has 0 radical (unpaired) electrons. The molecule has 0 bridgehead atoms. The molecule has 0 atom stereocenters. The predicted molar refractivity (Wildman–Crippen MR) is 82.9 cm³/mol. The zero-order valence-electron chi connectivity index (χ0n) is 10.1. The van der Waals surface area contributed by atoms with Crippen LogP contribution in [0.1, 0.15) is 0 Å². The van der Waals surface area contributed by atoms with Crippen molar-refractivity contribution in [1.82, 2.24) is 0 Å². The molecule has 9 heteroatoms. The average Bonchev–Trinajstić information content (AvgIpc) is 2.39. The van der Waals surface area contributed by atoms with Crippen LogP contribution in [0.5, 0.6) is 11.5 Å². The van der Waals surface area contributed by atoms with Crippen LogP contribution in [-0.2, 0) is 0 Å². The number of nitrogens with zero attached hydrogens (tertiary/aromatic N) is 1. The van der Waals surface area contributed by atoms with Crippen LogP contribution < -0.4 is 0 Å². The van der Waals surface area contributed by atoms with Crippen LogP contribution >= 0.6 is 46.4 Å². The number of phenolic OH excluding ortho intramolecular Hbond substituents is 2. The van der Waals surface area contributed by atoms with Crippen molar-refractivity contribution in [2.45, 2.75) is 0 Å². The molecule has 0 heterocycles. The number of aromatic hydroxyl groups is 2. The fourth-order valence-electron chi connectivity index (χ4n) is 1.16. The summed E-state index contributed by atoms with van der Waals surface area (Å²) in [6.07, 6.45) is 0. The molecule has 5 nitrogen and oxygen atoms in total. The molecule has 0 saturated heterocycles. The van der Waals surface area contributed by atoms with Crippen LogP contribution in [0.2, 0.25) is 20.1 Å². The lowest BCUT2D eigenvalue weighted by molar-refractivity contribution is -0.385. The Hall–Kier alpha value is -1.40. The van der Waals surface area contributed by atoms with Crippen molar-refractivity contribution in [3.63, 3.8) is 0 Å². The minimum atomic E-state index is -0.739. The van der Waals surface area contributed by atoms with E-state index < -0.39 is 16.4 Å². The summed E-state index contributed by atoms with van der Waals surface area (Å²) in [6.45, 7) is 0. The third kappa shape index (κ3) is 5.13. The van der Waals surface area contributed by atoms with Crippen molar-refractivity contribution in [3.05, 3.63) is 60.5 Å². The maximum atomic E-state index is 10.2. The first-order valence-corrected chi connectivity index (χ1v) is 6.70. The standard InChI is InChI=1S/C6H3Cl2NO3.C6H4Cl2O/c7-3-1-5(9(11)12)6(10)2-4(3)8;7-5-2-1-4(9)3-6(5)8/h1-2,10H;1-3,9H. The second-order valence-corrected chi connectivity index (χ2v) is 5.24. The molecule has 0 spiro atoms. The van der Waals surface area contributed by atoms with Gasteiger partial charge in [-0.15, -0.1) is 0 Å². The van der Waals surface area contributed by atoms with Gasteiger partial charge in [-0.2, -0.15) is 0 Å². The van der Waals surface area contributed by atoms with Gasteiger partial charge in [0, 0.05) is 12.1 Å². The van der Waals surface area contributed by atoms with Crippen molar-refractivity contribution in [3.8, 4) is 11.5 Å². The minimum Gasteiger partial charge on any atom is -0.508 e. The highest BCUT2D eigenvalue weighted by molar-refractivity contribution is 6.42. The molecule has 0 aliphatic heterocycles. The predicted octanol–water partition coefficient (Wildman–Crippen LogP) is 5.31. The molecule has 2 N–H and O–H groups in total. The van der Waals surface area contributed by atoms with Gasteiger partial charge in [-0.3, -0.25) is 10.1 Å². The van der Waals surface area contributed by atoms with E-state index in [1.165, 1.54) is 12.1 Å². The Morgan fingerprint density at radius 3 is 1.86 bits per heavy atom. The first-order chi connectivity index (χ1) is 9.72. The molecule has 2 aromatic carbocycles. The largest absolute Gasteiger partial charge is 0.508 e. The fraction of sp³-hybridized carbons (Fsp3) is 0. The summed E-state index contributed by atoms with van der Waals surface area (Å²) >= 11 is 22.0. The summed E-state index contributed by atoms with van der Waals surface area (Å²) in [5.41, 5.74) is -0.454. The van der Waals surface area contributed by atoms with Crippen LogP contribution in [0, 0.1) is 10.1 Å². The third-order valence-electron chi connectivity index (χ3n) is 2.12. The molecule has 21 heavy (non-hydrogen) atoms. The van der Waals surface area contributed by atoms with E-state index in [2.05, 4.69) is 0 Å². The number of nitro benzene ring substituents is 1. The summed E-state index contributed by atoms with van der Waals surface area (Å²) in [5, 5.41) is 29.0. The topological polar surface area (TPSA) is 83.6 Å². The molecular weight excluding hydrogens is 364 g/mol. The van der Waals surface area contributed by atoms with E-state index in [1.54, 1.807) is 6.07 Å². The van der Waals surface area contributed by atoms with Gasteiger partial charge in [0.2, 0.25) is 0 Å². The Morgan fingerprint density at radius 1 is 0.857 bits per heavy atom. The van der Waals surface area contributed by atoms with Crippen LogP contribution in [-0.4, -0.2) is 15.1 Å². The summed E-state index contributed by atoms with van der Waals surface area (Å²) in [6, 6.07) is 6.44. The maximum absolute atomic E-state index is 10.2. The first-order valence-electron chi connectivity index (χ1n) is 5.18. The van der Waals surface area contributed by atoms with Gasteiger partial charge in [-0.05, 0) is 18.2 Å². The molecule has 0 fully saturated rings. The van der Waals surface area contributed by atoms with Gasteiger partial charge >= 0.3 is 5.69 Å². The van der Waals surface area contributed by atoms with Crippen LogP contribution in [0.4, 0.5) is 5.69 Å². The number of benzene rings is 2. The second kappa shape index (κ2) is 7.56. The molecule has 0 unspecified atom stereocenters. The lowest BCUT2D eigenvalue weighted by Crippen LogP contribution is -1.88. The van der Waals surface area contributed by atoms with Gasteiger partial charge in [0.1, 0.15) is 5.75 Å². The van der Waals surface area contributed by atoms with E-state index in [1.807, 2.05) is 0 Å². The lowest BCUT2D eigenvalue weighted by atomic mass is 10.3. The van der Waals surface area contributed by atoms with E-state index in [-0.39, 0.29) is 15.8 Å². The number of nitro groups is 1. The Bertz CT molecular complexity index is 679. The van der Waals surface area contributed by atoms with Gasteiger partial charge in [0.25, 0.3) is 0 Å². The number of hydrogen-bond acceptors (Lipinski definition) is 4. The van der Waals surface area contributed by atoms with Crippen LogP contribution in [0.15, 0.2) is 30.3 Å². The molecule has 112 valence electrons. The summed E-state index contributed by atoms with van der Waals surface area (Å²) < 4.78 is 0. The quantitative estimate of drug-likeness (QED) is 0.526. The van der Waals surface area contributed by atoms with Crippen molar-refractivity contribution in [2.75, 3.05) is 0 Å². The van der Waals surface area contributed by atoms with Crippen molar-refractivity contribution in [2.24, 2.45) is 0 Å². The molecular formula is C12H7Cl4NO4. The van der Waals surface area contributed by atoms with Gasteiger partial charge in [-0.25, -0.2) is 0 Å². The summed E-state index contributed by atoms with van der Waals surface area (Å²) in [4.78, 5) is 9.49. The fourth-order valence-corrected chi connectivity index (χ4v) is 1.77. The molecule has 0 aromatic heterocycles. The van der Waals surface area contributed by atoms with Crippen molar-refractivity contribution >= 4 is 52.1 Å². The van der Waals surface area contributed by atoms with Gasteiger partial charge in [-0.1, -0.05) is 46.4 Å². The van der Waals surface area contributed by atoms with E-state index in [4.69, 9.17) is 56.6 Å². The van der Waals surface area contributed by atoms with Crippen molar-refractivity contribution < 1.29 is 15.1 Å². The summed E-state index contributed by atoms with van der Waals surface area (Å²) in [7, 11) is 0. The summed E-state index contributed by atoms with van der Waals surface area (Å²) in [5.74, 6) is -0.362. The number of hydrogen-bond donors (Lipinski definition) is 2. The number of rotatable bonds is 1. The number of halogens is 4. The monoisotopic (exact) mass is 369 g/mol. The van der Waals surface area contributed by atoms with E-state index in [0.717, 1.165) is 12.1 Å². The Kier molecular flexibility index (Phi) is 6.36. The zero-order valence-corrected chi connectivity index (χ0v) is 13.1. The highest BCUT2D eigenvalue weighted by Gasteiger charge is 2.15. The average molecular weight is 371 g/mol.